The van der Waals surface area contributed by atoms with Crippen molar-refractivity contribution in [2.75, 3.05) is 0 Å². The summed E-state index contributed by atoms with van der Waals surface area (Å²) in [6.07, 6.45) is 7.07. The molecule has 1 aliphatic carbocycles. The highest BCUT2D eigenvalue weighted by Crippen LogP contribution is 2.33. The predicted molar refractivity (Wildman–Crippen MR) is 73.5 cm³/mol. The van der Waals surface area contributed by atoms with E-state index in [1.165, 1.54) is 6.42 Å². The third-order valence-corrected chi connectivity index (χ3v) is 3.84. The average Bonchev–Trinajstić information content (AvgIpc) is 2.38. The molecular weight excluding hydrogens is 262 g/mol. The molecule has 20 heavy (non-hydrogen) atoms. The Morgan fingerprint density at radius 2 is 2.00 bits per heavy atom. The summed E-state index contributed by atoms with van der Waals surface area (Å²) in [6.45, 7) is 2.15. The van der Waals surface area contributed by atoms with E-state index in [0.717, 1.165) is 43.4 Å². The van der Waals surface area contributed by atoms with E-state index in [0.29, 0.717) is 11.5 Å². The van der Waals surface area contributed by atoms with Crippen LogP contribution in [0.4, 0.5) is 8.78 Å². The highest BCUT2D eigenvalue weighted by Gasteiger charge is 2.20. The highest BCUT2D eigenvalue weighted by atomic mass is 19.1. The molecule has 0 saturated carbocycles. The van der Waals surface area contributed by atoms with Gasteiger partial charge >= 0.3 is 5.97 Å². The Hall–Kier alpha value is -1.71. The molecule has 108 valence electrons. The summed E-state index contributed by atoms with van der Waals surface area (Å²) < 4.78 is 27.3. The van der Waals surface area contributed by atoms with Crippen LogP contribution in [-0.2, 0) is 0 Å². The van der Waals surface area contributed by atoms with Crippen molar-refractivity contribution in [3.05, 3.63) is 41.0 Å². The number of halogens is 2. The van der Waals surface area contributed by atoms with Gasteiger partial charge in [-0.3, -0.25) is 0 Å². The molecule has 0 fully saturated rings. The SMILES string of the molecule is CCCC1CC=C(c2cc(F)c(C(=O)O)c(F)c2)CC1. The first-order chi connectivity index (χ1) is 9.52. The van der Waals surface area contributed by atoms with E-state index in [-0.39, 0.29) is 0 Å². The molecule has 1 aliphatic rings. The third-order valence-electron chi connectivity index (χ3n) is 3.84. The fourth-order valence-corrected chi connectivity index (χ4v) is 2.78. The van der Waals surface area contributed by atoms with Crippen molar-refractivity contribution >= 4 is 11.5 Å². The highest BCUT2D eigenvalue weighted by molar-refractivity contribution is 5.88. The molecule has 0 aromatic heterocycles. The first-order valence-electron chi connectivity index (χ1n) is 6.94. The Kier molecular flexibility index (Phi) is 4.53. The second kappa shape index (κ2) is 6.16. The predicted octanol–water partition coefficient (Wildman–Crippen LogP) is 4.65. The second-order valence-corrected chi connectivity index (χ2v) is 5.28. The van der Waals surface area contributed by atoms with Gasteiger partial charge in [-0.15, -0.1) is 0 Å². The van der Waals surface area contributed by atoms with Gasteiger partial charge in [0, 0.05) is 0 Å². The zero-order chi connectivity index (χ0) is 14.7. The van der Waals surface area contributed by atoms with Crippen LogP contribution in [0, 0.1) is 17.6 Å². The van der Waals surface area contributed by atoms with Gasteiger partial charge in [-0.25, -0.2) is 13.6 Å². The quantitative estimate of drug-likeness (QED) is 0.871. The minimum Gasteiger partial charge on any atom is -0.477 e. The lowest BCUT2D eigenvalue weighted by Gasteiger charge is -2.21. The normalized spacial score (nSPS) is 18.8. The maximum absolute atomic E-state index is 13.7. The molecule has 1 aromatic carbocycles. The van der Waals surface area contributed by atoms with Gasteiger partial charge < -0.3 is 5.11 Å². The van der Waals surface area contributed by atoms with Crippen LogP contribution in [0.15, 0.2) is 18.2 Å². The van der Waals surface area contributed by atoms with Crippen LogP contribution in [0.2, 0.25) is 0 Å². The van der Waals surface area contributed by atoms with Gasteiger partial charge in [0.25, 0.3) is 0 Å². The minimum absolute atomic E-state index is 0.458. The smallest absolute Gasteiger partial charge is 0.341 e. The van der Waals surface area contributed by atoms with Crippen molar-refractivity contribution in [2.24, 2.45) is 5.92 Å². The lowest BCUT2D eigenvalue weighted by Crippen LogP contribution is -2.08. The Balaban J connectivity index is 2.25. The zero-order valence-electron chi connectivity index (χ0n) is 11.5. The van der Waals surface area contributed by atoms with Crippen molar-refractivity contribution in [1.82, 2.24) is 0 Å². The molecule has 0 bridgehead atoms. The number of rotatable bonds is 4. The Bertz CT molecular complexity index is 526. The van der Waals surface area contributed by atoms with E-state index in [1.54, 1.807) is 0 Å². The van der Waals surface area contributed by atoms with Crippen LogP contribution >= 0.6 is 0 Å². The lowest BCUT2D eigenvalue weighted by atomic mass is 9.84. The van der Waals surface area contributed by atoms with Crippen molar-refractivity contribution in [1.29, 1.82) is 0 Å². The van der Waals surface area contributed by atoms with Crippen LogP contribution in [0.3, 0.4) is 0 Å². The van der Waals surface area contributed by atoms with Crippen LogP contribution < -0.4 is 0 Å². The Labute approximate surface area is 117 Å². The molecule has 2 nitrogen and oxygen atoms in total. The van der Waals surface area contributed by atoms with Gasteiger partial charge in [0.15, 0.2) is 0 Å². The Morgan fingerprint density at radius 3 is 2.45 bits per heavy atom. The van der Waals surface area contributed by atoms with Crippen molar-refractivity contribution in [3.63, 3.8) is 0 Å². The average molecular weight is 280 g/mol. The number of carboxylic acid groups (broad SMARTS) is 1. The molecule has 1 atom stereocenters. The van der Waals surface area contributed by atoms with Crippen LogP contribution in [0.25, 0.3) is 5.57 Å². The van der Waals surface area contributed by atoms with E-state index < -0.39 is 23.2 Å². The zero-order valence-corrected chi connectivity index (χ0v) is 11.5. The fraction of sp³-hybridized carbons (Fsp3) is 0.438. The molecule has 0 saturated heterocycles. The molecule has 1 unspecified atom stereocenters. The van der Waals surface area contributed by atoms with Gasteiger partial charge in [-0.2, -0.15) is 0 Å². The van der Waals surface area contributed by atoms with E-state index in [9.17, 15) is 13.6 Å². The molecule has 0 spiro atoms. The molecule has 4 heteroatoms. The van der Waals surface area contributed by atoms with Crippen LogP contribution in [0.5, 0.6) is 0 Å². The maximum Gasteiger partial charge on any atom is 0.341 e. The lowest BCUT2D eigenvalue weighted by molar-refractivity contribution is 0.0686. The molecule has 0 radical (unpaired) electrons. The van der Waals surface area contributed by atoms with Gasteiger partial charge in [0.05, 0.1) is 0 Å². The Morgan fingerprint density at radius 1 is 1.35 bits per heavy atom. The topological polar surface area (TPSA) is 37.3 Å². The summed E-state index contributed by atoms with van der Waals surface area (Å²) in [5.74, 6) is -2.95. The number of hydrogen-bond donors (Lipinski definition) is 1. The number of allylic oxidation sites excluding steroid dienone is 2. The minimum atomic E-state index is -1.58. The van der Waals surface area contributed by atoms with Gasteiger partial charge in [0.2, 0.25) is 0 Å². The summed E-state index contributed by atoms with van der Waals surface area (Å²) in [5, 5.41) is 8.75. The van der Waals surface area contributed by atoms with E-state index >= 15 is 0 Å². The largest absolute Gasteiger partial charge is 0.477 e. The van der Waals surface area contributed by atoms with Gasteiger partial charge in [-0.05, 0) is 48.4 Å². The number of aromatic carboxylic acids is 1. The van der Waals surface area contributed by atoms with Crippen molar-refractivity contribution in [2.45, 2.75) is 39.0 Å². The molecule has 0 aliphatic heterocycles. The number of benzene rings is 1. The van der Waals surface area contributed by atoms with Crippen LogP contribution in [0.1, 0.15) is 54.9 Å². The molecule has 2 rings (SSSR count). The van der Waals surface area contributed by atoms with Crippen molar-refractivity contribution < 1.29 is 18.7 Å². The third kappa shape index (κ3) is 3.06. The standard InChI is InChI=1S/C16H18F2O2/c1-2-3-10-4-6-11(7-5-10)12-8-13(17)15(16(19)20)14(18)9-12/h6,8-10H,2-5,7H2,1H3,(H,19,20). The summed E-state index contributed by atoms with van der Waals surface area (Å²) in [4.78, 5) is 10.8. The molecule has 1 aromatic rings. The summed E-state index contributed by atoms with van der Waals surface area (Å²) in [6, 6.07) is 2.25. The number of carbonyl (C=O) groups is 1. The van der Waals surface area contributed by atoms with Gasteiger partial charge in [0.1, 0.15) is 17.2 Å². The van der Waals surface area contributed by atoms with E-state index in [2.05, 4.69) is 6.92 Å². The van der Waals surface area contributed by atoms with E-state index in [1.807, 2.05) is 6.08 Å². The summed E-state index contributed by atoms with van der Waals surface area (Å²) in [5.41, 5.74) is 0.487. The maximum atomic E-state index is 13.7. The van der Waals surface area contributed by atoms with Crippen molar-refractivity contribution in [3.8, 4) is 0 Å². The first kappa shape index (κ1) is 14.7. The van der Waals surface area contributed by atoms with Crippen LogP contribution in [-0.4, -0.2) is 11.1 Å². The van der Waals surface area contributed by atoms with E-state index in [4.69, 9.17) is 5.11 Å². The van der Waals surface area contributed by atoms with Gasteiger partial charge in [-0.1, -0.05) is 25.8 Å². The summed E-state index contributed by atoms with van der Waals surface area (Å²) >= 11 is 0. The monoisotopic (exact) mass is 280 g/mol. The first-order valence-corrected chi connectivity index (χ1v) is 6.94. The second-order valence-electron chi connectivity index (χ2n) is 5.28. The fourth-order valence-electron chi connectivity index (χ4n) is 2.78. The molecule has 0 amide bonds. The number of carboxylic acids is 1. The molecule has 0 heterocycles. The number of hydrogen-bond acceptors (Lipinski definition) is 1. The molecular formula is C16H18F2O2. The summed E-state index contributed by atoms with van der Waals surface area (Å²) in [7, 11) is 0. The molecule has 1 N–H and O–H groups in total.